The van der Waals surface area contributed by atoms with Crippen molar-refractivity contribution in [2.24, 2.45) is 0 Å². The molecule has 6 heteroatoms. The van der Waals surface area contributed by atoms with Crippen LogP contribution in [0.3, 0.4) is 0 Å². The zero-order valence-corrected chi connectivity index (χ0v) is 12.2. The Labute approximate surface area is 122 Å². The van der Waals surface area contributed by atoms with E-state index in [4.69, 9.17) is 5.11 Å². The maximum absolute atomic E-state index is 12.0. The molecule has 0 aliphatic rings. The van der Waals surface area contributed by atoms with Crippen molar-refractivity contribution in [1.29, 1.82) is 0 Å². The van der Waals surface area contributed by atoms with Gasteiger partial charge < -0.3 is 10.4 Å². The highest BCUT2D eigenvalue weighted by molar-refractivity contribution is 7.98. The van der Waals surface area contributed by atoms with Crippen molar-refractivity contribution in [3.05, 3.63) is 35.7 Å². The number of carboxylic acid groups (broad SMARTS) is 1. The highest BCUT2D eigenvalue weighted by atomic mass is 32.2. The van der Waals surface area contributed by atoms with Gasteiger partial charge in [-0.3, -0.25) is 9.78 Å². The van der Waals surface area contributed by atoms with Crippen LogP contribution in [0.5, 0.6) is 0 Å². The number of aromatic nitrogens is 1. The SMILES string of the molecule is CSCCCCNC(=O)c1ccncc1/C=C/C(=O)O. The van der Waals surface area contributed by atoms with Crippen LogP contribution in [0, 0.1) is 0 Å². The fourth-order valence-electron chi connectivity index (χ4n) is 1.58. The van der Waals surface area contributed by atoms with Crippen molar-refractivity contribution in [1.82, 2.24) is 10.3 Å². The predicted octanol–water partition coefficient (Wildman–Crippen LogP) is 2.05. The van der Waals surface area contributed by atoms with Gasteiger partial charge in [0.2, 0.25) is 0 Å². The Hall–Kier alpha value is -1.82. The van der Waals surface area contributed by atoms with Gasteiger partial charge in [0.05, 0.1) is 0 Å². The molecule has 1 aromatic heterocycles. The van der Waals surface area contributed by atoms with Gasteiger partial charge in [-0.2, -0.15) is 11.8 Å². The first-order chi connectivity index (χ1) is 9.65. The third-order valence-electron chi connectivity index (χ3n) is 2.56. The van der Waals surface area contributed by atoms with E-state index in [0.717, 1.165) is 24.7 Å². The molecule has 1 heterocycles. The number of thioether (sulfide) groups is 1. The number of carbonyl (C=O) groups excluding carboxylic acids is 1. The first-order valence-corrected chi connectivity index (χ1v) is 7.66. The molecule has 5 nitrogen and oxygen atoms in total. The molecule has 0 radical (unpaired) electrons. The highest BCUT2D eigenvalue weighted by Crippen LogP contribution is 2.09. The van der Waals surface area contributed by atoms with E-state index in [1.807, 2.05) is 0 Å². The number of hydrogen-bond acceptors (Lipinski definition) is 4. The monoisotopic (exact) mass is 294 g/mol. The van der Waals surface area contributed by atoms with E-state index < -0.39 is 5.97 Å². The van der Waals surface area contributed by atoms with Gasteiger partial charge >= 0.3 is 5.97 Å². The van der Waals surface area contributed by atoms with E-state index in [9.17, 15) is 9.59 Å². The molecule has 0 saturated carbocycles. The largest absolute Gasteiger partial charge is 0.478 e. The molecule has 0 fully saturated rings. The smallest absolute Gasteiger partial charge is 0.328 e. The Kier molecular flexibility index (Phi) is 7.42. The van der Waals surface area contributed by atoms with Crippen LogP contribution in [-0.4, -0.2) is 40.5 Å². The first kappa shape index (κ1) is 16.2. The van der Waals surface area contributed by atoms with Crippen LogP contribution in [-0.2, 0) is 4.79 Å². The number of rotatable bonds is 8. The van der Waals surface area contributed by atoms with E-state index in [-0.39, 0.29) is 5.91 Å². The standard InChI is InChI=1S/C14H18N2O3S/c1-20-9-3-2-7-16-14(19)12-6-8-15-10-11(12)4-5-13(17)18/h4-6,8,10H,2-3,7,9H2,1H3,(H,16,19)(H,17,18)/b5-4+. The summed E-state index contributed by atoms with van der Waals surface area (Å²) in [4.78, 5) is 26.4. The fraction of sp³-hybridized carbons (Fsp3) is 0.357. The van der Waals surface area contributed by atoms with Crippen LogP contribution < -0.4 is 5.32 Å². The van der Waals surface area contributed by atoms with Gasteiger partial charge in [-0.25, -0.2) is 4.79 Å². The Bertz CT molecular complexity index is 489. The lowest BCUT2D eigenvalue weighted by molar-refractivity contribution is -0.131. The van der Waals surface area contributed by atoms with Crippen molar-refractivity contribution in [2.75, 3.05) is 18.6 Å². The van der Waals surface area contributed by atoms with Crippen molar-refractivity contribution >= 4 is 29.7 Å². The topological polar surface area (TPSA) is 79.3 Å². The second-order valence-electron chi connectivity index (χ2n) is 4.09. The molecule has 0 aliphatic heterocycles. The number of amides is 1. The van der Waals surface area contributed by atoms with E-state index in [1.165, 1.54) is 18.5 Å². The molecule has 1 amide bonds. The van der Waals surface area contributed by atoms with Crippen LogP contribution in [0.2, 0.25) is 0 Å². The Morgan fingerprint density at radius 3 is 2.95 bits per heavy atom. The van der Waals surface area contributed by atoms with Gasteiger partial charge in [0.15, 0.2) is 0 Å². The number of nitrogens with zero attached hydrogens (tertiary/aromatic N) is 1. The average Bonchev–Trinajstić information content (AvgIpc) is 2.45. The first-order valence-electron chi connectivity index (χ1n) is 6.27. The lowest BCUT2D eigenvalue weighted by Crippen LogP contribution is -2.25. The molecule has 0 unspecified atom stereocenters. The third-order valence-corrected chi connectivity index (χ3v) is 3.26. The molecule has 0 aliphatic carbocycles. The highest BCUT2D eigenvalue weighted by Gasteiger charge is 2.09. The average molecular weight is 294 g/mol. The number of hydrogen-bond donors (Lipinski definition) is 2. The molecule has 0 spiro atoms. The van der Waals surface area contributed by atoms with E-state index in [0.29, 0.717) is 17.7 Å². The molecule has 108 valence electrons. The molecule has 0 aromatic carbocycles. The summed E-state index contributed by atoms with van der Waals surface area (Å²) in [7, 11) is 0. The molecule has 1 rings (SSSR count). The molecule has 0 atom stereocenters. The molecular formula is C14H18N2O3S. The van der Waals surface area contributed by atoms with E-state index in [1.54, 1.807) is 17.8 Å². The third kappa shape index (κ3) is 5.88. The molecule has 0 saturated heterocycles. The fourth-order valence-corrected chi connectivity index (χ4v) is 2.07. The molecule has 1 aromatic rings. The summed E-state index contributed by atoms with van der Waals surface area (Å²) in [5.74, 6) is -0.184. The summed E-state index contributed by atoms with van der Waals surface area (Å²) in [6.45, 7) is 0.615. The second kappa shape index (κ2) is 9.14. The van der Waals surface area contributed by atoms with Crippen molar-refractivity contribution < 1.29 is 14.7 Å². The minimum Gasteiger partial charge on any atom is -0.478 e. The van der Waals surface area contributed by atoms with Gasteiger partial charge in [-0.1, -0.05) is 0 Å². The summed E-state index contributed by atoms with van der Waals surface area (Å²) in [5.41, 5.74) is 0.930. The van der Waals surface area contributed by atoms with Gasteiger partial charge in [-0.15, -0.1) is 0 Å². The van der Waals surface area contributed by atoms with Gasteiger partial charge in [0, 0.05) is 36.1 Å². The molecule has 20 heavy (non-hydrogen) atoms. The second-order valence-corrected chi connectivity index (χ2v) is 5.08. The number of aliphatic carboxylic acids is 1. The van der Waals surface area contributed by atoms with E-state index in [2.05, 4.69) is 16.6 Å². The summed E-state index contributed by atoms with van der Waals surface area (Å²) < 4.78 is 0. The lowest BCUT2D eigenvalue weighted by Gasteiger charge is -2.07. The van der Waals surface area contributed by atoms with Crippen LogP contribution in [0.25, 0.3) is 6.08 Å². The number of unbranched alkanes of at least 4 members (excludes halogenated alkanes) is 1. The van der Waals surface area contributed by atoms with Crippen LogP contribution in [0.1, 0.15) is 28.8 Å². The van der Waals surface area contributed by atoms with Gasteiger partial charge in [-0.05, 0) is 37.0 Å². The number of pyridine rings is 1. The van der Waals surface area contributed by atoms with E-state index >= 15 is 0 Å². The number of carboxylic acids is 1. The Morgan fingerprint density at radius 1 is 1.45 bits per heavy atom. The maximum Gasteiger partial charge on any atom is 0.328 e. The minimum absolute atomic E-state index is 0.207. The molecular weight excluding hydrogens is 276 g/mol. The zero-order valence-electron chi connectivity index (χ0n) is 11.3. The summed E-state index contributed by atoms with van der Waals surface area (Å²) >= 11 is 1.78. The quantitative estimate of drug-likeness (QED) is 0.566. The predicted molar refractivity (Wildman–Crippen MR) is 80.9 cm³/mol. The lowest BCUT2D eigenvalue weighted by atomic mass is 10.1. The van der Waals surface area contributed by atoms with Crippen LogP contribution in [0.15, 0.2) is 24.5 Å². The Balaban J connectivity index is 2.61. The van der Waals surface area contributed by atoms with Crippen molar-refractivity contribution in [3.8, 4) is 0 Å². The van der Waals surface area contributed by atoms with Crippen LogP contribution in [0.4, 0.5) is 0 Å². The van der Waals surface area contributed by atoms with Crippen LogP contribution >= 0.6 is 11.8 Å². The summed E-state index contributed by atoms with van der Waals surface area (Å²) in [6.07, 6.45) is 9.39. The molecule has 0 bridgehead atoms. The normalized spacial score (nSPS) is 10.7. The maximum atomic E-state index is 12.0. The zero-order chi connectivity index (χ0) is 14.8. The van der Waals surface area contributed by atoms with Gasteiger partial charge in [0.25, 0.3) is 5.91 Å². The minimum atomic E-state index is -1.06. The Morgan fingerprint density at radius 2 is 2.25 bits per heavy atom. The van der Waals surface area contributed by atoms with Crippen molar-refractivity contribution in [2.45, 2.75) is 12.8 Å². The van der Waals surface area contributed by atoms with Crippen molar-refractivity contribution in [3.63, 3.8) is 0 Å². The number of carbonyl (C=O) groups is 2. The summed E-state index contributed by atoms with van der Waals surface area (Å²) in [6, 6.07) is 1.58. The summed E-state index contributed by atoms with van der Waals surface area (Å²) in [5, 5.41) is 11.4. The molecule has 2 N–H and O–H groups in total. The number of nitrogens with one attached hydrogen (secondary N) is 1. The van der Waals surface area contributed by atoms with Gasteiger partial charge in [0.1, 0.15) is 0 Å².